The molecule has 0 bridgehead atoms. The molecule has 0 amide bonds. The number of hydrogen-bond donors (Lipinski definition) is 1. The van der Waals surface area contributed by atoms with Gasteiger partial charge in [0.25, 0.3) is 0 Å². The number of nitrogens with zero attached hydrogens (tertiary/aromatic N) is 2. The number of hydrogen-bond acceptors (Lipinski definition) is 3. The lowest BCUT2D eigenvalue weighted by Gasteiger charge is -2.30. The summed E-state index contributed by atoms with van der Waals surface area (Å²) in [4.78, 5) is 7.03. The first-order chi connectivity index (χ1) is 8.33. The first kappa shape index (κ1) is 12.1. The normalized spacial score (nSPS) is 16.7. The number of aryl methyl sites for hydroxylation is 1. The van der Waals surface area contributed by atoms with Gasteiger partial charge in [-0.1, -0.05) is 19.1 Å². The van der Waals surface area contributed by atoms with E-state index in [-0.39, 0.29) is 0 Å². The highest BCUT2D eigenvalue weighted by Gasteiger charge is 2.14. The lowest BCUT2D eigenvalue weighted by molar-refractivity contribution is 0.589. The van der Waals surface area contributed by atoms with E-state index >= 15 is 0 Å². The number of nitrogens with one attached hydrogen (secondary N) is 1. The summed E-state index contributed by atoms with van der Waals surface area (Å²) in [6.07, 6.45) is 2.98. The Labute approximate surface area is 104 Å². The molecule has 0 aliphatic carbocycles. The van der Waals surface area contributed by atoms with Crippen LogP contribution in [-0.4, -0.2) is 32.4 Å². The number of aliphatic imine (C=N–C) groups is 1. The van der Waals surface area contributed by atoms with Crippen molar-refractivity contribution in [3.05, 3.63) is 23.8 Å². The van der Waals surface area contributed by atoms with Crippen molar-refractivity contribution in [3.63, 3.8) is 0 Å². The zero-order valence-electron chi connectivity index (χ0n) is 10.7. The van der Waals surface area contributed by atoms with Gasteiger partial charge >= 0.3 is 0 Å². The third-order valence-corrected chi connectivity index (χ3v) is 3.08. The molecule has 2 rings (SSSR count). The third-order valence-electron chi connectivity index (χ3n) is 3.08. The summed E-state index contributed by atoms with van der Waals surface area (Å²) in [7, 11) is 0. The Morgan fingerprint density at radius 2 is 2.12 bits per heavy atom. The van der Waals surface area contributed by atoms with Crippen LogP contribution in [0.1, 0.15) is 18.9 Å². The van der Waals surface area contributed by atoms with E-state index in [4.69, 9.17) is 0 Å². The van der Waals surface area contributed by atoms with Crippen LogP contribution in [0.4, 0.5) is 11.4 Å². The SMILES string of the molecule is CCC=Nc1c(C)cccc1N1CCNCC1. The van der Waals surface area contributed by atoms with Crippen LogP contribution in [0.5, 0.6) is 0 Å². The van der Waals surface area contributed by atoms with E-state index in [1.54, 1.807) is 0 Å². The van der Waals surface area contributed by atoms with Crippen molar-refractivity contribution in [2.24, 2.45) is 4.99 Å². The molecule has 1 heterocycles. The maximum absolute atomic E-state index is 4.61. The Hall–Kier alpha value is -1.35. The average molecular weight is 231 g/mol. The van der Waals surface area contributed by atoms with Crippen molar-refractivity contribution >= 4 is 17.6 Å². The first-order valence-corrected chi connectivity index (χ1v) is 6.40. The molecule has 1 fully saturated rings. The van der Waals surface area contributed by atoms with Gasteiger partial charge in [0.15, 0.2) is 0 Å². The fourth-order valence-corrected chi connectivity index (χ4v) is 2.15. The second-order valence-corrected chi connectivity index (χ2v) is 4.40. The van der Waals surface area contributed by atoms with Crippen LogP contribution in [0.15, 0.2) is 23.2 Å². The molecule has 3 nitrogen and oxygen atoms in total. The molecular formula is C14H21N3. The molecule has 0 aromatic heterocycles. The predicted molar refractivity (Wildman–Crippen MR) is 74.7 cm³/mol. The smallest absolute Gasteiger partial charge is 0.0888 e. The molecule has 0 radical (unpaired) electrons. The molecule has 1 aliphatic rings. The number of rotatable bonds is 3. The second-order valence-electron chi connectivity index (χ2n) is 4.40. The maximum Gasteiger partial charge on any atom is 0.0888 e. The van der Waals surface area contributed by atoms with Crippen molar-refractivity contribution in [3.8, 4) is 0 Å². The fraction of sp³-hybridized carbons (Fsp3) is 0.500. The van der Waals surface area contributed by atoms with Crippen molar-refractivity contribution < 1.29 is 0 Å². The fourth-order valence-electron chi connectivity index (χ4n) is 2.15. The van der Waals surface area contributed by atoms with Crippen LogP contribution in [0, 0.1) is 6.92 Å². The molecule has 1 saturated heterocycles. The lowest BCUT2D eigenvalue weighted by Crippen LogP contribution is -2.43. The molecular weight excluding hydrogens is 210 g/mol. The van der Waals surface area contributed by atoms with Gasteiger partial charge in [0, 0.05) is 32.4 Å². The summed E-state index contributed by atoms with van der Waals surface area (Å²) in [6, 6.07) is 6.44. The molecule has 1 aromatic carbocycles. The Kier molecular flexibility index (Phi) is 4.15. The third kappa shape index (κ3) is 2.86. The number of anilines is 1. The van der Waals surface area contributed by atoms with E-state index in [9.17, 15) is 0 Å². The summed E-state index contributed by atoms with van der Waals surface area (Å²) in [5, 5.41) is 3.38. The highest BCUT2D eigenvalue weighted by Crippen LogP contribution is 2.32. The highest BCUT2D eigenvalue weighted by atomic mass is 15.2. The van der Waals surface area contributed by atoms with Gasteiger partial charge in [-0.05, 0) is 25.0 Å². The van der Waals surface area contributed by atoms with Gasteiger partial charge in [-0.3, -0.25) is 4.99 Å². The van der Waals surface area contributed by atoms with Gasteiger partial charge < -0.3 is 10.2 Å². The monoisotopic (exact) mass is 231 g/mol. The summed E-state index contributed by atoms with van der Waals surface area (Å²) < 4.78 is 0. The Bertz CT molecular complexity index is 392. The largest absolute Gasteiger partial charge is 0.367 e. The van der Waals surface area contributed by atoms with E-state index in [0.717, 1.165) is 38.3 Å². The number of piperazine rings is 1. The Morgan fingerprint density at radius 1 is 1.35 bits per heavy atom. The molecule has 0 unspecified atom stereocenters. The van der Waals surface area contributed by atoms with Crippen LogP contribution in [0.3, 0.4) is 0 Å². The Balaban J connectivity index is 2.31. The molecule has 17 heavy (non-hydrogen) atoms. The average Bonchev–Trinajstić information content (AvgIpc) is 2.38. The standard InChI is InChI=1S/C14H21N3/c1-3-7-16-14-12(2)5-4-6-13(14)17-10-8-15-9-11-17/h4-7,15H,3,8-11H2,1-2H3. The minimum atomic E-state index is 0.981. The van der Waals surface area contributed by atoms with E-state index < -0.39 is 0 Å². The summed E-state index contributed by atoms with van der Waals surface area (Å²) in [6.45, 7) is 8.51. The minimum absolute atomic E-state index is 0.981. The summed E-state index contributed by atoms with van der Waals surface area (Å²) in [5.41, 5.74) is 3.66. The lowest BCUT2D eigenvalue weighted by atomic mass is 10.1. The van der Waals surface area contributed by atoms with Crippen molar-refractivity contribution in [1.82, 2.24) is 5.32 Å². The summed E-state index contributed by atoms with van der Waals surface area (Å²) >= 11 is 0. The van der Waals surface area contributed by atoms with Gasteiger partial charge in [-0.2, -0.15) is 0 Å². The quantitative estimate of drug-likeness (QED) is 0.809. The predicted octanol–water partition coefficient (Wildman–Crippen LogP) is 2.52. The van der Waals surface area contributed by atoms with Crippen LogP contribution in [0.2, 0.25) is 0 Å². The van der Waals surface area contributed by atoms with E-state index in [1.807, 2.05) is 6.21 Å². The van der Waals surface area contributed by atoms with Crippen molar-refractivity contribution in [2.45, 2.75) is 20.3 Å². The van der Waals surface area contributed by atoms with Crippen molar-refractivity contribution in [2.75, 3.05) is 31.1 Å². The van der Waals surface area contributed by atoms with Crippen LogP contribution in [0.25, 0.3) is 0 Å². The molecule has 92 valence electrons. The van der Waals surface area contributed by atoms with Gasteiger partial charge in [0.2, 0.25) is 0 Å². The van der Waals surface area contributed by atoms with E-state index in [0.29, 0.717) is 0 Å². The molecule has 0 spiro atoms. The minimum Gasteiger partial charge on any atom is -0.367 e. The van der Waals surface area contributed by atoms with Gasteiger partial charge in [-0.25, -0.2) is 0 Å². The first-order valence-electron chi connectivity index (χ1n) is 6.40. The molecule has 1 N–H and O–H groups in total. The van der Waals surface area contributed by atoms with E-state index in [2.05, 4.69) is 47.3 Å². The zero-order valence-corrected chi connectivity index (χ0v) is 10.7. The van der Waals surface area contributed by atoms with Gasteiger partial charge in [0.05, 0.1) is 11.4 Å². The molecule has 1 aromatic rings. The number of para-hydroxylation sites is 1. The van der Waals surface area contributed by atoms with Crippen LogP contribution < -0.4 is 10.2 Å². The van der Waals surface area contributed by atoms with Crippen LogP contribution >= 0.6 is 0 Å². The number of benzene rings is 1. The molecule has 0 saturated carbocycles. The topological polar surface area (TPSA) is 27.6 Å². The van der Waals surface area contributed by atoms with Crippen LogP contribution in [-0.2, 0) is 0 Å². The van der Waals surface area contributed by atoms with Gasteiger partial charge in [-0.15, -0.1) is 0 Å². The van der Waals surface area contributed by atoms with Crippen molar-refractivity contribution in [1.29, 1.82) is 0 Å². The molecule has 3 heteroatoms. The zero-order chi connectivity index (χ0) is 12.1. The Morgan fingerprint density at radius 3 is 2.82 bits per heavy atom. The molecule has 1 aliphatic heterocycles. The second kappa shape index (κ2) is 5.82. The maximum atomic E-state index is 4.61. The highest BCUT2D eigenvalue weighted by molar-refractivity contribution is 5.75. The van der Waals surface area contributed by atoms with Gasteiger partial charge in [0.1, 0.15) is 0 Å². The van der Waals surface area contributed by atoms with E-state index in [1.165, 1.54) is 11.3 Å². The molecule has 0 atom stereocenters. The summed E-state index contributed by atoms with van der Waals surface area (Å²) in [5.74, 6) is 0.